The molecule has 0 bridgehead atoms. The molecule has 0 radical (unpaired) electrons. The number of nitrogens with one attached hydrogen (secondary N) is 1. The average Bonchev–Trinajstić information content (AvgIpc) is 2.28. The molecule has 0 heterocycles. The maximum atomic E-state index is 12.2. The van der Waals surface area contributed by atoms with Crippen LogP contribution in [0.5, 0.6) is 0 Å². The zero-order chi connectivity index (χ0) is 14.0. The zero-order valence-electron chi connectivity index (χ0n) is 11.9. The number of hydrogen-bond acceptors (Lipinski definition) is 1. The Labute approximate surface area is 110 Å². The van der Waals surface area contributed by atoms with E-state index in [0.717, 1.165) is 25.8 Å². The van der Waals surface area contributed by atoms with Crippen LogP contribution in [0.25, 0.3) is 0 Å². The van der Waals surface area contributed by atoms with E-state index in [9.17, 15) is 13.2 Å². The van der Waals surface area contributed by atoms with Gasteiger partial charge in [0.1, 0.15) is 0 Å². The lowest BCUT2D eigenvalue weighted by Crippen LogP contribution is -2.36. The predicted molar refractivity (Wildman–Crippen MR) is 70.7 cm³/mol. The van der Waals surface area contributed by atoms with Crippen molar-refractivity contribution >= 4 is 0 Å². The van der Waals surface area contributed by atoms with Crippen molar-refractivity contribution in [2.24, 2.45) is 5.92 Å². The van der Waals surface area contributed by atoms with Gasteiger partial charge in [-0.2, -0.15) is 13.2 Å². The molecular weight excluding hydrogens is 239 g/mol. The summed E-state index contributed by atoms with van der Waals surface area (Å²) in [5.41, 5.74) is 0. The summed E-state index contributed by atoms with van der Waals surface area (Å²) in [7, 11) is 0. The van der Waals surface area contributed by atoms with Crippen molar-refractivity contribution in [1.29, 1.82) is 0 Å². The molecule has 0 amide bonds. The first-order chi connectivity index (χ1) is 8.44. The molecule has 0 aromatic heterocycles. The lowest BCUT2D eigenvalue weighted by Gasteiger charge is -2.27. The number of unbranched alkanes of at least 4 members (excludes halogenated alkanes) is 1. The summed E-state index contributed by atoms with van der Waals surface area (Å²) >= 11 is 0. The van der Waals surface area contributed by atoms with Crippen LogP contribution in [0.15, 0.2) is 0 Å². The first-order valence-corrected chi connectivity index (χ1v) is 7.24. The van der Waals surface area contributed by atoms with Gasteiger partial charge in [0, 0.05) is 12.5 Å². The summed E-state index contributed by atoms with van der Waals surface area (Å²) in [6.45, 7) is 7.13. The lowest BCUT2D eigenvalue weighted by molar-refractivity contribution is -0.136. The lowest BCUT2D eigenvalue weighted by atomic mass is 9.88. The van der Waals surface area contributed by atoms with Crippen molar-refractivity contribution in [3.05, 3.63) is 0 Å². The first kappa shape index (κ1) is 17.8. The Balaban J connectivity index is 4.16. The molecular formula is C14H28F3N. The fourth-order valence-corrected chi connectivity index (χ4v) is 2.45. The van der Waals surface area contributed by atoms with Gasteiger partial charge in [0.15, 0.2) is 0 Å². The van der Waals surface area contributed by atoms with Crippen LogP contribution in [-0.4, -0.2) is 18.8 Å². The Bertz CT molecular complexity index is 192. The van der Waals surface area contributed by atoms with Crippen molar-refractivity contribution in [3.8, 4) is 0 Å². The van der Waals surface area contributed by atoms with Crippen molar-refractivity contribution in [3.63, 3.8) is 0 Å². The summed E-state index contributed by atoms with van der Waals surface area (Å²) in [5.74, 6) is 0.512. The minimum absolute atomic E-state index is 0.240. The molecule has 0 saturated carbocycles. The van der Waals surface area contributed by atoms with Crippen LogP contribution in [0.4, 0.5) is 13.2 Å². The van der Waals surface area contributed by atoms with Crippen LogP contribution >= 0.6 is 0 Å². The highest BCUT2D eigenvalue weighted by atomic mass is 19.4. The maximum Gasteiger partial charge on any atom is 0.389 e. The minimum Gasteiger partial charge on any atom is -0.314 e. The minimum atomic E-state index is -4.01. The van der Waals surface area contributed by atoms with Gasteiger partial charge in [0.05, 0.1) is 0 Å². The van der Waals surface area contributed by atoms with E-state index < -0.39 is 12.6 Å². The second-order valence-corrected chi connectivity index (χ2v) is 4.98. The Morgan fingerprint density at radius 2 is 1.67 bits per heavy atom. The second-order valence-electron chi connectivity index (χ2n) is 4.98. The van der Waals surface area contributed by atoms with Crippen LogP contribution in [0.2, 0.25) is 0 Å². The molecule has 0 aromatic rings. The van der Waals surface area contributed by atoms with Gasteiger partial charge in [0.25, 0.3) is 0 Å². The first-order valence-electron chi connectivity index (χ1n) is 7.24. The smallest absolute Gasteiger partial charge is 0.314 e. The maximum absolute atomic E-state index is 12.2. The Morgan fingerprint density at radius 1 is 1.00 bits per heavy atom. The number of halogens is 3. The van der Waals surface area contributed by atoms with E-state index in [1.54, 1.807) is 0 Å². The molecule has 2 unspecified atom stereocenters. The Kier molecular flexibility index (Phi) is 9.52. The quantitative estimate of drug-likeness (QED) is 0.593. The molecule has 110 valence electrons. The van der Waals surface area contributed by atoms with Crippen LogP contribution in [0.1, 0.15) is 65.7 Å². The second kappa shape index (κ2) is 9.65. The third-order valence-electron chi connectivity index (χ3n) is 3.46. The van der Waals surface area contributed by atoms with Gasteiger partial charge in [-0.25, -0.2) is 0 Å². The SMILES string of the molecule is CCCCC(CC)C(CCCC(F)(F)F)NCC. The molecule has 0 aliphatic heterocycles. The molecule has 0 aliphatic rings. The third kappa shape index (κ3) is 8.78. The van der Waals surface area contributed by atoms with Gasteiger partial charge in [-0.05, 0) is 31.7 Å². The van der Waals surface area contributed by atoms with E-state index >= 15 is 0 Å². The number of hydrogen-bond donors (Lipinski definition) is 1. The van der Waals surface area contributed by atoms with E-state index in [1.165, 1.54) is 6.42 Å². The van der Waals surface area contributed by atoms with Gasteiger partial charge in [-0.15, -0.1) is 0 Å². The Hall–Kier alpha value is -0.250. The highest BCUT2D eigenvalue weighted by molar-refractivity contribution is 4.76. The van der Waals surface area contributed by atoms with Crippen LogP contribution < -0.4 is 5.32 Å². The van der Waals surface area contributed by atoms with Crippen molar-refractivity contribution in [2.45, 2.75) is 77.9 Å². The summed E-state index contributed by atoms with van der Waals surface area (Å²) in [6, 6.07) is 0.244. The zero-order valence-corrected chi connectivity index (χ0v) is 11.9. The Morgan fingerprint density at radius 3 is 2.11 bits per heavy atom. The highest BCUT2D eigenvalue weighted by Gasteiger charge is 2.27. The third-order valence-corrected chi connectivity index (χ3v) is 3.46. The van der Waals surface area contributed by atoms with Gasteiger partial charge in [-0.1, -0.05) is 40.0 Å². The molecule has 0 saturated heterocycles. The van der Waals surface area contributed by atoms with E-state index in [0.29, 0.717) is 12.3 Å². The molecule has 18 heavy (non-hydrogen) atoms. The molecule has 1 nitrogen and oxygen atoms in total. The molecule has 0 fully saturated rings. The van der Waals surface area contributed by atoms with Crippen molar-refractivity contribution in [1.82, 2.24) is 5.32 Å². The monoisotopic (exact) mass is 267 g/mol. The molecule has 0 rings (SSSR count). The van der Waals surface area contributed by atoms with Gasteiger partial charge in [-0.3, -0.25) is 0 Å². The molecule has 0 aromatic carbocycles. The average molecular weight is 267 g/mol. The van der Waals surface area contributed by atoms with Gasteiger partial charge >= 0.3 is 6.18 Å². The van der Waals surface area contributed by atoms with E-state index in [1.807, 2.05) is 6.92 Å². The topological polar surface area (TPSA) is 12.0 Å². The van der Waals surface area contributed by atoms with E-state index in [4.69, 9.17) is 0 Å². The number of rotatable bonds is 10. The molecule has 4 heteroatoms. The largest absolute Gasteiger partial charge is 0.389 e. The normalized spacial score (nSPS) is 15.7. The van der Waals surface area contributed by atoms with Gasteiger partial charge < -0.3 is 5.32 Å². The van der Waals surface area contributed by atoms with Gasteiger partial charge in [0.2, 0.25) is 0 Å². The molecule has 0 spiro atoms. The summed E-state index contributed by atoms with van der Waals surface area (Å²) in [6.07, 6.45) is 0.693. The summed E-state index contributed by atoms with van der Waals surface area (Å²) < 4.78 is 36.5. The molecule has 0 aliphatic carbocycles. The predicted octanol–water partition coefficient (Wildman–Crippen LogP) is 4.91. The summed E-state index contributed by atoms with van der Waals surface area (Å²) in [5, 5.41) is 3.36. The number of alkyl halides is 3. The van der Waals surface area contributed by atoms with Crippen LogP contribution in [0, 0.1) is 5.92 Å². The molecule has 1 N–H and O–H groups in total. The van der Waals surface area contributed by atoms with Crippen molar-refractivity contribution in [2.75, 3.05) is 6.54 Å². The van der Waals surface area contributed by atoms with E-state index in [2.05, 4.69) is 19.2 Å². The van der Waals surface area contributed by atoms with Crippen LogP contribution in [0.3, 0.4) is 0 Å². The highest BCUT2D eigenvalue weighted by Crippen LogP contribution is 2.26. The van der Waals surface area contributed by atoms with Crippen LogP contribution in [-0.2, 0) is 0 Å². The van der Waals surface area contributed by atoms with Crippen molar-refractivity contribution < 1.29 is 13.2 Å². The fourth-order valence-electron chi connectivity index (χ4n) is 2.45. The molecule has 2 atom stereocenters. The standard InChI is InChI=1S/C14H28F3N/c1-4-7-9-12(5-2)13(18-6-3)10-8-11-14(15,16)17/h12-13,18H,4-11H2,1-3H3. The summed E-state index contributed by atoms with van der Waals surface area (Å²) in [4.78, 5) is 0. The van der Waals surface area contributed by atoms with E-state index in [-0.39, 0.29) is 12.5 Å². The fraction of sp³-hybridized carbons (Fsp3) is 1.00.